The Kier molecular flexibility index (Phi) is 6.74. The fourth-order valence-electron chi connectivity index (χ4n) is 2.15. The average Bonchev–Trinajstić information content (AvgIpc) is 2.47. The minimum Gasteiger partial charge on any atom is -0.491 e. The van der Waals surface area contributed by atoms with Crippen molar-refractivity contribution in [2.75, 3.05) is 13.7 Å². The minimum atomic E-state index is 0.706. The van der Waals surface area contributed by atoms with Gasteiger partial charge in [-0.3, -0.25) is 0 Å². The van der Waals surface area contributed by atoms with Gasteiger partial charge in [-0.2, -0.15) is 0 Å². The van der Waals surface area contributed by atoms with Crippen LogP contribution in [-0.4, -0.2) is 13.7 Å². The van der Waals surface area contributed by atoms with E-state index in [2.05, 4.69) is 73.6 Å². The molecule has 0 aromatic heterocycles. The number of nitrogens with one attached hydrogen (secondary N) is 1. The van der Waals surface area contributed by atoms with Crippen LogP contribution < -0.4 is 10.1 Å². The fourth-order valence-corrected chi connectivity index (χ4v) is 3.66. The van der Waals surface area contributed by atoms with Crippen molar-refractivity contribution in [1.29, 1.82) is 0 Å². The third-order valence-corrected chi connectivity index (χ3v) is 4.32. The number of benzene rings is 2. The number of hydrogen-bond donors (Lipinski definition) is 1. The number of hydrogen-bond acceptors (Lipinski definition) is 2. The lowest BCUT2D eigenvalue weighted by molar-refractivity contribution is 0.307. The molecule has 2 rings (SSSR count). The Balaban J connectivity index is 1.88. The molecule has 0 fully saturated rings. The molecule has 1 N–H and O–H groups in total. The summed E-state index contributed by atoms with van der Waals surface area (Å²) in [5.74, 6) is 0.878. The van der Waals surface area contributed by atoms with E-state index in [-0.39, 0.29) is 0 Å². The van der Waals surface area contributed by atoms with E-state index < -0.39 is 0 Å². The van der Waals surface area contributed by atoms with E-state index in [1.165, 1.54) is 11.1 Å². The molecule has 2 aromatic rings. The van der Waals surface area contributed by atoms with E-state index in [1.807, 2.05) is 13.1 Å². The molecule has 0 amide bonds. The highest BCUT2D eigenvalue weighted by Gasteiger charge is 2.08. The largest absolute Gasteiger partial charge is 0.491 e. The Morgan fingerprint density at radius 3 is 2.29 bits per heavy atom. The van der Waals surface area contributed by atoms with Crippen LogP contribution in [0, 0.1) is 0 Å². The zero-order valence-corrected chi connectivity index (χ0v) is 15.2. The van der Waals surface area contributed by atoms with Gasteiger partial charge >= 0.3 is 0 Å². The molecule has 0 aliphatic carbocycles. The van der Waals surface area contributed by atoms with Gasteiger partial charge in [-0.25, -0.2) is 0 Å². The smallest absolute Gasteiger partial charge is 0.147 e. The van der Waals surface area contributed by atoms with E-state index in [0.717, 1.165) is 34.1 Å². The molecule has 0 saturated carbocycles. The van der Waals surface area contributed by atoms with Crippen LogP contribution in [0.5, 0.6) is 5.75 Å². The molecule has 2 aromatic carbocycles. The van der Waals surface area contributed by atoms with Gasteiger partial charge in [0.15, 0.2) is 0 Å². The standard InChI is InChI=1S/C17H19Br2NO/c1-20-12-14-10-15(18)17(16(19)11-14)21-9-5-8-13-6-3-2-4-7-13/h2-4,6-7,10-11,20H,5,8-9,12H2,1H3. The van der Waals surface area contributed by atoms with Gasteiger partial charge in [0, 0.05) is 6.54 Å². The zero-order chi connectivity index (χ0) is 15.1. The average molecular weight is 413 g/mol. The first-order chi connectivity index (χ1) is 10.2. The molecule has 0 saturated heterocycles. The van der Waals surface area contributed by atoms with Gasteiger partial charge < -0.3 is 10.1 Å². The number of rotatable bonds is 7. The quantitative estimate of drug-likeness (QED) is 0.650. The molecule has 0 bridgehead atoms. The zero-order valence-electron chi connectivity index (χ0n) is 12.0. The summed E-state index contributed by atoms with van der Waals surface area (Å²) in [4.78, 5) is 0. The number of aryl methyl sites for hydroxylation is 1. The van der Waals surface area contributed by atoms with Crippen molar-refractivity contribution in [2.24, 2.45) is 0 Å². The monoisotopic (exact) mass is 411 g/mol. The molecule has 4 heteroatoms. The molecule has 112 valence electrons. The first kappa shape index (κ1) is 16.5. The van der Waals surface area contributed by atoms with E-state index in [4.69, 9.17) is 4.74 Å². The lowest BCUT2D eigenvalue weighted by Gasteiger charge is -2.12. The van der Waals surface area contributed by atoms with Gasteiger partial charge in [0.25, 0.3) is 0 Å². The predicted molar refractivity (Wildman–Crippen MR) is 94.9 cm³/mol. The summed E-state index contributed by atoms with van der Waals surface area (Å²) in [6.07, 6.45) is 2.04. The van der Waals surface area contributed by atoms with Crippen molar-refractivity contribution in [2.45, 2.75) is 19.4 Å². The second-order valence-electron chi connectivity index (χ2n) is 4.86. The van der Waals surface area contributed by atoms with Crippen LogP contribution in [0.2, 0.25) is 0 Å². The summed E-state index contributed by atoms with van der Waals surface area (Å²) < 4.78 is 7.88. The van der Waals surface area contributed by atoms with Gasteiger partial charge in [0.2, 0.25) is 0 Å². The van der Waals surface area contributed by atoms with Crippen molar-refractivity contribution in [1.82, 2.24) is 5.32 Å². The Morgan fingerprint density at radius 1 is 1.00 bits per heavy atom. The summed E-state index contributed by atoms with van der Waals surface area (Å²) in [5, 5.41) is 3.15. The highest BCUT2D eigenvalue weighted by Crippen LogP contribution is 2.34. The summed E-state index contributed by atoms with van der Waals surface area (Å²) in [7, 11) is 1.94. The molecular formula is C17H19Br2NO. The van der Waals surface area contributed by atoms with Crippen LogP contribution in [0.4, 0.5) is 0 Å². The molecule has 0 spiro atoms. The van der Waals surface area contributed by atoms with Crippen molar-refractivity contribution in [3.05, 3.63) is 62.5 Å². The molecule has 0 heterocycles. The Labute approximate surface area is 143 Å². The minimum absolute atomic E-state index is 0.706. The van der Waals surface area contributed by atoms with Gasteiger partial charge in [0.05, 0.1) is 15.6 Å². The summed E-state index contributed by atoms with van der Waals surface area (Å²) in [5.41, 5.74) is 2.57. The lowest BCUT2D eigenvalue weighted by atomic mass is 10.1. The maximum atomic E-state index is 5.91. The van der Waals surface area contributed by atoms with E-state index >= 15 is 0 Å². The summed E-state index contributed by atoms with van der Waals surface area (Å²) in [6, 6.07) is 14.7. The Bertz CT molecular complexity index is 549. The lowest BCUT2D eigenvalue weighted by Crippen LogP contribution is -2.06. The first-order valence-corrected chi connectivity index (χ1v) is 8.58. The maximum Gasteiger partial charge on any atom is 0.147 e. The topological polar surface area (TPSA) is 21.3 Å². The molecule has 0 atom stereocenters. The highest BCUT2D eigenvalue weighted by molar-refractivity contribution is 9.11. The molecule has 0 aliphatic heterocycles. The van der Waals surface area contributed by atoms with Gasteiger partial charge in [-0.15, -0.1) is 0 Å². The van der Waals surface area contributed by atoms with E-state index in [9.17, 15) is 0 Å². The van der Waals surface area contributed by atoms with Gasteiger partial charge in [-0.1, -0.05) is 30.3 Å². The molecule has 2 nitrogen and oxygen atoms in total. The second-order valence-corrected chi connectivity index (χ2v) is 6.57. The van der Waals surface area contributed by atoms with Gasteiger partial charge in [-0.05, 0) is 75.0 Å². The van der Waals surface area contributed by atoms with Crippen LogP contribution in [0.25, 0.3) is 0 Å². The molecule has 0 aliphatic rings. The van der Waals surface area contributed by atoms with Crippen molar-refractivity contribution in [3.8, 4) is 5.75 Å². The van der Waals surface area contributed by atoms with Crippen LogP contribution in [0.15, 0.2) is 51.4 Å². The van der Waals surface area contributed by atoms with Crippen LogP contribution in [0.1, 0.15) is 17.5 Å². The Hall–Kier alpha value is -0.840. The summed E-state index contributed by atoms with van der Waals surface area (Å²) in [6.45, 7) is 1.54. The third kappa shape index (κ3) is 5.13. The predicted octanol–water partition coefficient (Wildman–Crippen LogP) is 4.94. The molecule has 21 heavy (non-hydrogen) atoms. The maximum absolute atomic E-state index is 5.91. The SMILES string of the molecule is CNCc1cc(Br)c(OCCCc2ccccc2)c(Br)c1. The number of ether oxygens (including phenoxy) is 1. The summed E-state index contributed by atoms with van der Waals surface area (Å²) >= 11 is 7.16. The first-order valence-electron chi connectivity index (χ1n) is 7.00. The van der Waals surface area contributed by atoms with Crippen LogP contribution >= 0.6 is 31.9 Å². The molecule has 0 unspecified atom stereocenters. The fraction of sp³-hybridized carbons (Fsp3) is 0.294. The van der Waals surface area contributed by atoms with Crippen LogP contribution in [-0.2, 0) is 13.0 Å². The van der Waals surface area contributed by atoms with Crippen molar-refractivity contribution >= 4 is 31.9 Å². The van der Waals surface area contributed by atoms with Crippen molar-refractivity contribution in [3.63, 3.8) is 0 Å². The molecular weight excluding hydrogens is 394 g/mol. The van der Waals surface area contributed by atoms with Crippen LogP contribution in [0.3, 0.4) is 0 Å². The van der Waals surface area contributed by atoms with Crippen molar-refractivity contribution < 1.29 is 4.74 Å². The van der Waals surface area contributed by atoms with Gasteiger partial charge in [0.1, 0.15) is 5.75 Å². The second kappa shape index (κ2) is 8.57. The molecule has 0 radical (unpaired) electrons. The normalized spacial score (nSPS) is 10.6. The van der Waals surface area contributed by atoms with E-state index in [1.54, 1.807) is 0 Å². The van der Waals surface area contributed by atoms with E-state index in [0.29, 0.717) is 6.61 Å². The third-order valence-electron chi connectivity index (χ3n) is 3.14. The highest BCUT2D eigenvalue weighted by atomic mass is 79.9. The Morgan fingerprint density at radius 2 is 1.67 bits per heavy atom. The number of halogens is 2.